The normalized spacial score (nSPS) is 15.0. The average Bonchev–Trinajstić information content (AvgIpc) is 2.98. The van der Waals surface area contributed by atoms with E-state index in [0.29, 0.717) is 36.0 Å². The van der Waals surface area contributed by atoms with E-state index in [-0.39, 0.29) is 5.91 Å². The Balaban J connectivity index is 1.96. The Morgan fingerprint density at radius 1 is 1.18 bits per heavy atom. The summed E-state index contributed by atoms with van der Waals surface area (Å²) in [5.41, 5.74) is 2.73. The van der Waals surface area contributed by atoms with E-state index in [2.05, 4.69) is 27.6 Å². The largest absolute Gasteiger partial charge is 0.490 e. The van der Waals surface area contributed by atoms with E-state index in [1.54, 1.807) is 6.08 Å². The molecule has 0 saturated heterocycles. The second-order valence-corrected chi connectivity index (χ2v) is 6.90. The summed E-state index contributed by atoms with van der Waals surface area (Å²) in [5.74, 6) is 1.06. The molecule has 0 N–H and O–H groups in total. The standard InChI is InChI=1S/C22H21BrN2O3/c1-4-11-28-21-14-19(23)16(13-20(21)27-5-2)12-18-15(3)24-25(22(18)26)17-9-7-6-8-10-17/h4,6-10,12-14H,1,5,11H2,2-3H3/b18-12+. The van der Waals surface area contributed by atoms with Crippen molar-refractivity contribution in [1.29, 1.82) is 0 Å². The third-order valence-corrected chi connectivity index (χ3v) is 4.77. The van der Waals surface area contributed by atoms with Crippen LogP contribution < -0.4 is 14.5 Å². The maximum Gasteiger partial charge on any atom is 0.280 e. The van der Waals surface area contributed by atoms with E-state index in [0.717, 1.165) is 15.7 Å². The van der Waals surface area contributed by atoms with E-state index in [9.17, 15) is 4.79 Å². The molecule has 0 atom stereocenters. The molecule has 0 saturated carbocycles. The molecule has 0 unspecified atom stereocenters. The van der Waals surface area contributed by atoms with Gasteiger partial charge >= 0.3 is 0 Å². The molecule has 1 aliphatic heterocycles. The minimum Gasteiger partial charge on any atom is -0.490 e. The van der Waals surface area contributed by atoms with Crippen LogP contribution in [-0.2, 0) is 4.79 Å². The number of rotatable bonds is 7. The van der Waals surface area contributed by atoms with Gasteiger partial charge in [0.15, 0.2) is 11.5 Å². The number of hydrogen-bond acceptors (Lipinski definition) is 4. The van der Waals surface area contributed by atoms with Gasteiger partial charge in [-0.05, 0) is 49.8 Å². The summed E-state index contributed by atoms with van der Waals surface area (Å²) in [5, 5.41) is 5.83. The van der Waals surface area contributed by atoms with E-state index >= 15 is 0 Å². The number of hydrogen-bond donors (Lipinski definition) is 0. The van der Waals surface area contributed by atoms with Crippen molar-refractivity contribution in [2.45, 2.75) is 13.8 Å². The van der Waals surface area contributed by atoms with Crippen molar-refractivity contribution in [2.24, 2.45) is 5.10 Å². The fraction of sp³-hybridized carbons (Fsp3) is 0.182. The highest BCUT2D eigenvalue weighted by atomic mass is 79.9. The van der Waals surface area contributed by atoms with Gasteiger partial charge in [-0.15, -0.1) is 0 Å². The molecule has 28 heavy (non-hydrogen) atoms. The molecule has 0 aromatic heterocycles. The van der Waals surface area contributed by atoms with Crippen molar-refractivity contribution < 1.29 is 14.3 Å². The zero-order chi connectivity index (χ0) is 20.1. The van der Waals surface area contributed by atoms with Gasteiger partial charge in [0.05, 0.1) is 23.6 Å². The molecule has 6 heteroatoms. The zero-order valence-corrected chi connectivity index (χ0v) is 17.4. The van der Waals surface area contributed by atoms with Crippen molar-refractivity contribution in [3.8, 4) is 11.5 Å². The molecule has 1 amide bonds. The van der Waals surface area contributed by atoms with Crippen LogP contribution in [0.1, 0.15) is 19.4 Å². The van der Waals surface area contributed by atoms with E-state index in [1.807, 2.05) is 62.4 Å². The molecule has 1 aliphatic rings. The van der Waals surface area contributed by atoms with Gasteiger partial charge in [0.1, 0.15) is 6.61 Å². The number of para-hydroxylation sites is 1. The van der Waals surface area contributed by atoms with Crippen molar-refractivity contribution in [1.82, 2.24) is 0 Å². The predicted molar refractivity (Wildman–Crippen MR) is 116 cm³/mol. The Morgan fingerprint density at radius 2 is 1.89 bits per heavy atom. The molecule has 144 valence electrons. The van der Waals surface area contributed by atoms with Crippen LogP contribution in [0.25, 0.3) is 6.08 Å². The number of ether oxygens (including phenoxy) is 2. The molecule has 0 bridgehead atoms. The quantitative estimate of drug-likeness (QED) is 0.438. The third kappa shape index (κ3) is 4.17. The van der Waals surface area contributed by atoms with Gasteiger partial charge in [0.2, 0.25) is 0 Å². The molecular formula is C22H21BrN2O3. The molecule has 5 nitrogen and oxygen atoms in total. The van der Waals surface area contributed by atoms with Crippen molar-refractivity contribution in [2.75, 3.05) is 18.2 Å². The maximum atomic E-state index is 12.9. The van der Waals surface area contributed by atoms with Gasteiger partial charge in [-0.2, -0.15) is 10.1 Å². The lowest BCUT2D eigenvalue weighted by atomic mass is 10.1. The molecule has 1 heterocycles. The minimum atomic E-state index is -0.166. The Hall–Kier alpha value is -2.86. The number of carbonyl (C=O) groups is 1. The van der Waals surface area contributed by atoms with Gasteiger partial charge in [-0.3, -0.25) is 4.79 Å². The lowest BCUT2D eigenvalue weighted by Gasteiger charge is -2.13. The van der Waals surface area contributed by atoms with Crippen LogP contribution in [0.2, 0.25) is 0 Å². The van der Waals surface area contributed by atoms with Crippen LogP contribution in [0.4, 0.5) is 5.69 Å². The SMILES string of the molecule is C=CCOc1cc(Br)c(/C=C2/C(=O)N(c3ccccc3)N=C2C)cc1OCC. The summed E-state index contributed by atoms with van der Waals surface area (Å²) in [4.78, 5) is 12.9. The lowest BCUT2D eigenvalue weighted by molar-refractivity contribution is -0.114. The number of benzene rings is 2. The summed E-state index contributed by atoms with van der Waals surface area (Å²) in [6.45, 7) is 8.28. The summed E-state index contributed by atoms with van der Waals surface area (Å²) in [6, 6.07) is 13.1. The van der Waals surface area contributed by atoms with Gasteiger partial charge in [0, 0.05) is 4.47 Å². The number of halogens is 1. The van der Waals surface area contributed by atoms with Crippen LogP contribution in [-0.4, -0.2) is 24.8 Å². The van der Waals surface area contributed by atoms with Gasteiger partial charge in [0.25, 0.3) is 5.91 Å². The average molecular weight is 441 g/mol. The van der Waals surface area contributed by atoms with E-state index in [4.69, 9.17) is 9.47 Å². The molecule has 0 spiro atoms. The van der Waals surface area contributed by atoms with Gasteiger partial charge < -0.3 is 9.47 Å². The molecule has 0 fully saturated rings. The smallest absolute Gasteiger partial charge is 0.280 e. The zero-order valence-electron chi connectivity index (χ0n) is 15.8. The van der Waals surface area contributed by atoms with Gasteiger partial charge in [-0.25, -0.2) is 0 Å². The highest BCUT2D eigenvalue weighted by Gasteiger charge is 2.28. The number of nitrogens with zero attached hydrogens (tertiary/aromatic N) is 2. The molecule has 0 radical (unpaired) electrons. The van der Waals surface area contributed by atoms with Crippen LogP contribution in [0.15, 0.2) is 70.3 Å². The van der Waals surface area contributed by atoms with Crippen LogP contribution in [0, 0.1) is 0 Å². The van der Waals surface area contributed by atoms with Crippen molar-refractivity contribution in [3.63, 3.8) is 0 Å². The molecular weight excluding hydrogens is 420 g/mol. The van der Waals surface area contributed by atoms with Crippen molar-refractivity contribution in [3.05, 3.63) is 70.7 Å². The number of carbonyl (C=O) groups excluding carboxylic acids is 1. The maximum absolute atomic E-state index is 12.9. The molecule has 2 aromatic carbocycles. The molecule has 2 aromatic rings. The van der Waals surface area contributed by atoms with E-state index in [1.165, 1.54) is 5.01 Å². The predicted octanol–water partition coefficient (Wildman–Crippen LogP) is 5.22. The first kappa shape index (κ1) is 19.9. The Bertz CT molecular complexity index is 952. The molecule has 3 rings (SSSR count). The summed E-state index contributed by atoms with van der Waals surface area (Å²) in [7, 11) is 0. The highest BCUT2D eigenvalue weighted by molar-refractivity contribution is 9.10. The Morgan fingerprint density at radius 3 is 2.57 bits per heavy atom. The first-order chi connectivity index (χ1) is 13.5. The number of anilines is 1. The molecule has 0 aliphatic carbocycles. The summed E-state index contributed by atoms with van der Waals surface area (Å²) in [6.07, 6.45) is 3.49. The topological polar surface area (TPSA) is 51.1 Å². The summed E-state index contributed by atoms with van der Waals surface area (Å²) < 4.78 is 12.2. The van der Waals surface area contributed by atoms with Crippen molar-refractivity contribution >= 4 is 39.3 Å². The summed E-state index contributed by atoms with van der Waals surface area (Å²) >= 11 is 3.56. The van der Waals surface area contributed by atoms with Crippen LogP contribution in [0.5, 0.6) is 11.5 Å². The first-order valence-corrected chi connectivity index (χ1v) is 9.71. The second-order valence-electron chi connectivity index (χ2n) is 6.05. The third-order valence-electron chi connectivity index (χ3n) is 4.08. The van der Waals surface area contributed by atoms with E-state index < -0.39 is 0 Å². The Kier molecular flexibility index (Phi) is 6.31. The Labute approximate surface area is 173 Å². The number of hydrazone groups is 1. The fourth-order valence-electron chi connectivity index (χ4n) is 2.78. The number of amides is 1. The highest BCUT2D eigenvalue weighted by Crippen LogP contribution is 2.36. The van der Waals surface area contributed by atoms with Crippen LogP contribution in [0.3, 0.4) is 0 Å². The monoisotopic (exact) mass is 440 g/mol. The second kappa shape index (κ2) is 8.89. The fourth-order valence-corrected chi connectivity index (χ4v) is 3.21. The van der Waals surface area contributed by atoms with Crippen LogP contribution >= 0.6 is 15.9 Å². The minimum absolute atomic E-state index is 0.166. The lowest BCUT2D eigenvalue weighted by Crippen LogP contribution is -2.21. The first-order valence-electron chi connectivity index (χ1n) is 8.92. The van der Waals surface area contributed by atoms with Gasteiger partial charge in [-0.1, -0.05) is 46.8 Å².